The van der Waals surface area contributed by atoms with E-state index in [2.05, 4.69) is 22.9 Å². The van der Waals surface area contributed by atoms with Crippen molar-refractivity contribution in [3.63, 3.8) is 0 Å². The molecule has 0 aliphatic carbocycles. The molecule has 0 spiro atoms. The van der Waals surface area contributed by atoms with Gasteiger partial charge in [0.05, 0.1) is 0 Å². The first-order valence-corrected chi connectivity index (χ1v) is 5.60. The molecular weight excluding hydrogens is 178 g/mol. The molecule has 2 heterocycles. The van der Waals surface area contributed by atoms with E-state index in [0.29, 0.717) is 18.1 Å². The van der Waals surface area contributed by atoms with Crippen molar-refractivity contribution in [1.82, 2.24) is 16.0 Å². The van der Waals surface area contributed by atoms with Crippen LogP contribution in [-0.4, -0.2) is 30.7 Å². The smallest absolute Gasteiger partial charge is 0.315 e. The third kappa shape index (κ3) is 2.00. The van der Waals surface area contributed by atoms with Crippen molar-refractivity contribution in [1.29, 1.82) is 0 Å². The van der Waals surface area contributed by atoms with Gasteiger partial charge in [0.15, 0.2) is 0 Å². The molecule has 4 heteroatoms. The van der Waals surface area contributed by atoms with Crippen LogP contribution < -0.4 is 16.0 Å². The Balaban J connectivity index is 1.73. The second-order valence-electron chi connectivity index (χ2n) is 4.29. The van der Waals surface area contributed by atoms with Gasteiger partial charge in [-0.1, -0.05) is 6.92 Å². The zero-order valence-corrected chi connectivity index (χ0v) is 8.68. The van der Waals surface area contributed by atoms with E-state index < -0.39 is 0 Å². The van der Waals surface area contributed by atoms with Crippen molar-refractivity contribution < 1.29 is 4.79 Å². The fourth-order valence-corrected chi connectivity index (χ4v) is 2.44. The molecule has 80 valence electrons. The van der Waals surface area contributed by atoms with E-state index in [0.717, 1.165) is 19.4 Å². The molecule has 3 unspecified atom stereocenters. The van der Waals surface area contributed by atoms with Gasteiger partial charge in [-0.25, -0.2) is 4.79 Å². The highest BCUT2D eigenvalue weighted by Crippen LogP contribution is 2.27. The fraction of sp³-hybridized carbons (Fsp3) is 0.900. The highest BCUT2D eigenvalue weighted by Gasteiger charge is 2.39. The highest BCUT2D eigenvalue weighted by atomic mass is 16.2. The molecule has 3 atom stereocenters. The molecule has 0 saturated carbocycles. The molecule has 14 heavy (non-hydrogen) atoms. The summed E-state index contributed by atoms with van der Waals surface area (Å²) in [6.07, 6.45) is 4.58. The normalized spacial score (nSPS) is 34.5. The van der Waals surface area contributed by atoms with Crippen LogP contribution in [-0.2, 0) is 0 Å². The predicted molar refractivity (Wildman–Crippen MR) is 55.2 cm³/mol. The number of fused-ring (bicyclic) bond motifs is 2. The number of hydrogen-bond acceptors (Lipinski definition) is 2. The van der Waals surface area contributed by atoms with Gasteiger partial charge in [0, 0.05) is 24.7 Å². The second kappa shape index (κ2) is 4.17. The Morgan fingerprint density at radius 2 is 2.36 bits per heavy atom. The lowest BCUT2D eigenvalue weighted by molar-refractivity contribution is 0.234. The van der Waals surface area contributed by atoms with E-state index in [9.17, 15) is 4.79 Å². The van der Waals surface area contributed by atoms with Gasteiger partial charge in [-0.15, -0.1) is 0 Å². The summed E-state index contributed by atoms with van der Waals surface area (Å²) >= 11 is 0. The van der Waals surface area contributed by atoms with E-state index >= 15 is 0 Å². The fourth-order valence-electron chi connectivity index (χ4n) is 2.44. The van der Waals surface area contributed by atoms with Gasteiger partial charge in [-0.2, -0.15) is 0 Å². The molecule has 0 aromatic rings. The first-order valence-electron chi connectivity index (χ1n) is 5.60. The lowest BCUT2D eigenvalue weighted by Gasteiger charge is -2.21. The second-order valence-corrected chi connectivity index (χ2v) is 4.29. The molecular formula is C10H19N3O. The molecule has 0 aromatic heterocycles. The number of amides is 2. The van der Waals surface area contributed by atoms with Gasteiger partial charge in [-0.3, -0.25) is 0 Å². The van der Waals surface area contributed by atoms with Gasteiger partial charge in [0.25, 0.3) is 0 Å². The molecule has 0 radical (unpaired) electrons. The Kier molecular flexibility index (Phi) is 2.91. The quantitative estimate of drug-likeness (QED) is 0.620. The molecule has 2 aliphatic heterocycles. The van der Waals surface area contributed by atoms with Crippen LogP contribution in [0.25, 0.3) is 0 Å². The largest absolute Gasteiger partial charge is 0.338 e. The summed E-state index contributed by atoms with van der Waals surface area (Å²) in [5.41, 5.74) is 0. The Morgan fingerprint density at radius 1 is 1.50 bits per heavy atom. The van der Waals surface area contributed by atoms with E-state index in [1.165, 1.54) is 12.8 Å². The lowest BCUT2D eigenvalue weighted by Crippen LogP contribution is -2.47. The van der Waals surface area contributed by atoms with Crippen LogP contribution in [0.3, 0.4) is 0 Å². The first-order chi connectivity index (χ1) is 6.79. The maximum Gasteiger partial charge on any atom is 0.315 e. The third-order valence-electron chi connectivity index (χ3n) is 3.15. The maximum atomic E-state index is 11.4. The Labute approximate surface area is 84.8 Å². The van der Waals surface area contributed by atoms with Crippen LogP contribution in [0.1, 0.15) is 32.6 Å². The third-order valence-corrected chi connectivity index (χ3v) is 3.15. The summed E-state index contributed by atoms with van der Waals surface area (Å²) in [5, 5.41) is 9.37. The van der Waals surface area contributed by atoms with Crippen LogP contribution in [0, 0.1) is 0 Å². The number of hydrogen-bond donors (Lipinski definition) is 3. The average molecular weight is 197 g/mol. The lowest BCUT2D eigenvalue weighted by atomic mass is 9.96. The highest BCUT2D eigenvalue weighted by molar-refractivity contribution is 5.74. The number of carbonyl (C=O) groups excluding carboxylic acids is 1. The maximum absolute atomic E-state index is 11.4. The Hall–Kier alpha value is -0.770. The predicted octanol–water partition coefficient (Wildman–Crippen LogP) is 0.588. The minimum absolute atomic E-state index is 0.00815. The van der Waals surface area contributed by atoms with E-state index in [4.69, 9.17) is 0 Å². The summed E-state index contributed by atoms with van der Waals surface area (Å²) in [5.74, 6) is 0. The van der Waals surface area contributed by atoms with Crippen molar-refractivity contribution in [2.24, 2.45) is 0 Å². The zero-order chi connectivity index (χ0) is 9.97. The number of nitrogens with one attached hydrogen (secondary N) is 3. The SMILES string of the molecule is CCCNC(=O)NC1CC2CCC1N2. The summed E-state index contributed by atoms with van der Waals surface area (Å²) in [7, 11) is 0. The molecule has 2 rings (SSSR count). The molecule has 3 N–H and O–H groups in total. The number of carbonyl (C=O) groups is 1. The Bertz CT molecular complexity index is 219. The molecule has 4 nitrogen and oxygen atoms in total. The van der Waals surface area contributed by atoms with E-state index in [1.807, 2.05) is 0 Å². The summed E-state index contributed by atoms with van der Waals surface area (Å²) in [6, 6.07) is 1.51. The van der Waals surface area contributed by atoms with Crippen molar-refractivity contribution >= 4 is 6.03 Å². The monoisotopic (exact) mass is 197 g/mol. The summed E-state index contributed by atoms with van der Waals surface area (Å²) < 4.78 is 0. The molecule has 2 amide bonds. The molecule has 2 bridgehead atoms. The van der Waals surface area contributed by atoms with Crippen molar-refractivity contribution in [3.8, 4) is 0 Å². The van der Waals surface area contributed by atoms with Crippen molar-refractivity contribution in [2.45, 2.75) is 50.7 Å². The topological polar surface area (TPSA) is 53.2 Å². The van der Waals surface area contributed by atoms with E-state index in [-0.39, 0.29) is 6.03 Å². The van der Waals surface area contributed by atoms with Crippen LogP contribution >= 0.6 is 0 Å². The minimum atomic E-state index is -0.00815. The first kappa shape index (κ1) is 9.77. The van der Waals surface area contributed by atoms with Crippen molar-refractivity contribution in [3.05, 3.63) is 0 Å². The molecule has 2 saturated heterocycles. The van der Waals surface area contributed by atoms with Gasteiger partial charge < -0.3 is 16.0 Å². The Morgan fingerprint density at radius 3 is 2.93 bits per heavy atom. The summed E-state index contributed by atoms with van der Waals surface area (Å²) in [6.45, 7) is 2.82. The van der Waals surface area contributed by atoms with Gasteiger partial charge >= 0.3 is 6.03 Å². The molecule has 0 aromatic carbocycles. The molecule has 2 fully saturated rings. The number of urea groups is 1. The van der Waals surface area contributed by atoms with E-state index in [1.54, 1.807) is 0 Å². The number of rotatable bonds is 3. The van der Waals surface area contributed by atoms with Crippen LogP contribution in [0.2, 0.25) is 0 Å². The van der Waals surface area contributed by atoms with Crippen LogP contribution in [0.5, 0.6) is 0 Å². The standard InChI is InChI=1S/C10H19N3O/c1-2-5-11-10(14)13-9-6-7-3-4-8(9)12-7/h7-9,12H,2-6H2,1H3,(H2,11,13,14). The van der Waals surface area contributed by atoms with Crippen molar-refractivity contribution in [2.75, 3.05) is 6.54 Å². The van der Waals surface area contributed by atoms with Crippen LogP contribution in [0.15, 0.2) is 0 Å². The van der Waals surface area contributed by atoms with Gasteiger partial charge in [0.2, 0.25) is 0 Å². The van der Waals surface area contributed by atoms with Gasteiger partial charge in [0.1, 0.15) is 0 Å². The minimum Gasteiger partial charge on any atom is -0.338 e. The molecule has 2 aliphatic rings. The summed E-state index contributed by atoms with van der Waals surface area (Å²) in [4.78, 5) is 11.4. The zero-order valence-electron chi connectivity index (χ0n) is 8.68. The average Bonchev–Trinajstić information content (AvgIpc) is 2.76. The van der Waals surface area contributed by atoms with Crippen LogP contribution in [0.4, 0.5) is 4.79 Å². The van der Waals surface area contributed by atoms with Gasteiger partial charge in [-0.05, 0) is 25.7 Å².